The summed E-state index contributed by atoms with van der Waals surface area (Å²) in [7, 11) is 0. The van der Waals surface area contributed by atoms with Crippen LogP contribution in [0, 0.1) is 0 Å². The van der Waals surface area contributed by atoms with Crippen molar-refractivity contribution in [2.45, 2.75) is 12.8 Å². The molecule has 34 heavy (non-hydrogen) atoms. The van der Waals surface area contributed by atoms with E-state index in [1.54, 1.807) is 18.3 Å². The molecule has 0 fully saturated rings. The highest BCUT2D eigenvalue weighted by molar-refractivity contribution is 6.33. The number of amides is 2. The lowest BCUT2D eigenvalue weighted by Crippen LogP contribution is -2.43. The maximum absolute atomic E-state index is 12.1. The Balaban J connectivity index is 1.23. The average molecular weight is 476 g/mol. The summed E-state index contributed by atoms with van der Waals surface area (Å²) in [6.45, 7) is -0.245. The topological polar surface area (TPSA) is 93.5 Å². The molecule has 4 aromatic rings. The normalized spacial score (nSPS) is 10.5. The Morgan fingerprint density at radius 2 is 1.53 bits per heavy atom. The van der Waals surface area contributed by atoms with Gasteiger partial charge in [-0.2, -0.15) is 0 Å². The predicted octanol–water partition coefficient (Wildman–Crippen LogP) is 4.82. The number of hydrazine groups is 1. The summed E-state index contributed by atoms with van der Waals surface area (Å²) in [6, 6.07) is 24.5. The van der Waals surface area contributed by atoms with Gasteiger partial charge < -0.3 is 9.15 Å². The fourth-order valence-corrected chi connectivity index (χ4v) is 3.49. The van der Waals surface area contributed by atoms with Crippen LogP contribution >= 0.6 is 11.6 Å². The summed E-state index contributed by atoms with van der Waals surface area (Å²) in [5.41, 5.74) is 7.32. The molecule has 0 unspecified atom stereocenters. The molecule has 0 radical (unpaired) electrons. The van der Waals surface area contributed by atoms with Crippen LogP contribution in [0.5, 0.6) is 5.75 Å². The minimum absolute atomic E-state index is 0.0838. The smallest absolute Gasteiger partial charge is 0.276 e. The van der Waals surface area contributed by atoms with E-state index in [0.717, 1.165) is 16.7 Å². The molecule has 0 saturated heterocycles. The number of aryl methyl sites for hydroxylation is 1. The Bertz CT molecular complexity index is 1270. The molecule has 3 aromatic carbocycles. The number of aromatic nitrogens is 1. The second-order valence-electron chi connectivity index (χ2n) is 7.35. The van der Waals surface area contributed by atoms with Crippen molar-refractivity contribution in [2.24, 2.45) is 0 Å². The largest absolute Gasteiger partial charge is 0.483 e. The second kappa shape index (κ2) is 11.2. The highest BCUT2D eigenvalue weighted by Gasteiger charge is 2.12. The maximum Gasteiger partial charge on any atom is 0.276 e. The Hall–Kier alpha value is -4.10. The number of hydrogen-bond donors (Lipinski definition) is 2. The summed E-state index contributed by atoms with van der Waals surface area (Å²) in [4.78, 5) is 28.4. The quantitative estimate of drug-likeness (QED) is 0.356. The van der Waals surface area contributed by atoms with Crippen molar-refractivity contribution in [1.82, 2.24) is 15.8 Å². The predicted molar refractivity (Wildman–Crippen MR) is 129 cm³/mol. The van der Waals surface area contributed by atoms with Crippen LogP contribution in [0.1, 0.15) is 12.3 Å². The van der Waals surface area contributed by atoms with Gasteiger partial charge in [0.2, 0.25) is 5.91 Å². The zero-order chi connectivity index (χ0) is 23.8. The highest BCUT2D eigenvalue weighted by atomic mass is 35.5. The van der Waals surface area contributed by atoms with Crippen molar-refractivity contribution in [2.75, 3.05) is 6.61 Å². The molecule has 172 valence electrons. The van der Waals surface area contributed by atoms with Gasteiger partial charge in [0, 0.05) is 24.0 Å². The van der Waals surface area contributed by atoms with Gasteiger partial charge in [-0.15, -0.1) is 0 Å². The molecule has 0 aliphatic carbocycles. The van der Waals surface area contributed by atoms with E-state index in [4.69, 9.17) is 20.8 Å². The van der Waals surface area contributed by atoms with Gasteiger partial charge in [-0.1, -0.05) is 72.3 Å². The van der Waals surface area contributed by atoms with Gasteiger partial charge in [-0.25, -0.2) is 4.98 Å². The molecule has 0 aliphatic rings. The second-order valence-corrected chi connectivity index (χ2v) is 7.75. The van der Waals surface area contributed by atoms with E-state index in [0.29, 0.717) is 22.4 Å². The van der Waals surface area contributed by atoms with Gasteiger partial charge in [0.15, 0.2) is 18.3 Å². The molecule has 8 heteroatoms. The molecule has 0 bridgehead atoms. The number of para-hydroxylation sites is 1. The van der Waals surface area contributed by atoms with E-state index in [1.165, 1.54) is 0 Å². The molecule has 2 amide bonds. The monoisotopic (exact) mass is 475 g/mol. The van der Waals surface area contributed by atoms with Crippen molar-refractivity contribution >= 4 is 23.4 Å². The van der Waals surface area contributed by atoms with Gasteiger partial charge in [0.05, 0.1) is 11.2 Å². The number of carbonyl (C=O) groups excluding carboxylic acids is 2. The van der Waals surface area contributed by atoms with Crippen molar-refractivity contribution in [1.29, 1.82) is 0 Å². The third-order valence-electron chi connectivity index (χ3n) is 4.93. The first-order valence-electron chi connectivity index (χ1n) is 10.6. The number of halogens is 1. The van der Waals surface area contributed by atoms with E-state index >= 15 is 0 Å². The van der Waals surface area contributed by atoms with Crippen molar-refractivity contribution in [3.8, 4) is 28.2 Å². The fraction of sp³-hybridized carbons (Fsp3) is 0.115. The summed E-state index contributed by atoms with van der Waals surface area (Å²) in [5.74, 6) is 0.650. The molecule has 1 heterocycles. The van der Waals surface area contributed by atoms with Crippen LogP contribution in [-0.2, 0) is 16.0 Å². The number of oxazole rings is 1. The Morgan fingerprint density at radius 3 is 2.32 bits per heavy atom. The molecule has 7 nitrogen and oxygen atoms in total. The highest BCUT2D eigenvalue weighted by Crippen LogP contribution is 2.29. The first-order valence-corrected chi connectivity index (χ1v) is 11.0. The van der Waals surface area contributed by atoms with E-state index in [-0.39, 0.29) is 25.4 Å². The van der Waals surface area contributed by atoms with Gasteiger partial charge in [-0.3, -0.25) is 20.4 Å². The number of carbonyl (C=O) groups is 2. The van der Waals surface area contributed by atoms with Crippen LogP contribution in [0.2, 0.25) is 5.02 Å². The standard InChI is InChI=1S/C26H22ClN3O4/c27-21-12-6-4-11-20(21)23-16-28-26(34-23)15-14-24(31)29-30-25(32)17-33-22-13-7-5-10-19(22)18-8-2-1-3-9-18/h1-13,16H,14-15,17H2,(H,29,31)(H,30,32). The van der Waals surface area contributed by atoms with Gasteiger partial charge in [0.25, 0.3) is 5.91 Å². The number of hydrogen-bond acceptors (Lipinski definition) is 5. The van der Waals surface area contributed by atoms with E-state index in [9.17, 15) is 9.59 Å². The fourth-order valence-electron chi connectivity index (χ4n) is 3.26. The molecule has 0 aliphatic heterocycles. The number of benzene rings is 3. The Morgan fingerprint density at radius 1 is 0.853 bits per heavy atom. The van der Waals surface area contributed by atoms with Crippen molar-refractivity contribution in [3.05, 3.63) is 96.0 Å². The van der Waals surface area contributed by atoms with Crippen LogP contribution in [0.15, 0.2) is 89.5 Å². The van der Waals surface area contributed by atoms with E-state index < -0.39 is 5.91 Å². The number of ether oxygens (including phenoxy) is 1. The van der Waals surface area contributed by atoms with Gasteiger partial charge >= 0.3 is 0 Å². The lowest BCUT2D eigenvalue weighted by molar-refractivity contribution is -0.130. The summed E-state index contributed by atoms with van der Waals surface area (Å²) < 4.78 is 11.3. The van der Waals surface area contributed by atoms with Crippen molar-refractivity contribution in [3.63, 3.8) is 0 Å². The van der Waals surface area contributed by atoms with Crippen LogP contribution < -0.4 is 15.6 Å². The van der Waals surface area contributed by atoms with Gasteiger partial charge in [0.1, 0.15) is 5.75 Å². The minimum atomic E-state index is -0.478. The molecule has 4 rings (SSSR count). The zero-order valence-corrected chi connectivity index (χ0v) is 18.9. The molecular formula is C26H22ClN3O4. The first-order chi connectivity index (χ1) is 16.6. The van der Waals surface area contributed by atoms with Crippen LogP contribution in [0.25, 0.3) is 22.5 Å². The Labute approximate surface area is 201 Å². The van der Waals surface area contributed by atoms with E-state index in [2.05, 4.69) is 15.8 Å². The van der Waals surface area contributed by atoms with Crippen LogP contribution in [-0.4, -0.2) is 23.4 Å². The maximum atomic E-state index is 12.1. The van der Waals surface area contributed by atoms with Crippen LogP contribution in [0.3, 0.4) is 0 Å². The van der Waals surface area contributed by atoms with Gasteiger partial charge in [-0.05, 0) is 23.8 Å². The summed E-state index contributed by atoms with van der Waals surface area (Å²) >= 11 is 6.17. The van der Waals surface area contributed by atoms with Crippen LogP contribution in [0.4, 0.5) is 0 Å². The minimum Gasteiger partial charge on any atom is -0.483 e. The van der Waals surface area contributed by atoms with E-state index in [1.807, 2.05) is 66.7 Å². The molecule has 0 spiro atoms. The molecule has 2 N–H and O–H groups in total. The average Bonchev–Trinajstić information content (AvgIpc) is 3.35. The first kappa shape index (κ1) is 23.1. The summed E-state index contributed by atoms with van der Waals surface area (Å²) in [6.07, 6.45) is 1.93. The Kier molecular flexibility index (Phi) is 7.57. The SMILES string of the molecule is O=C(CCc1ncc(-c2ccccc2Cl)o1)NNC(=O)COc1ccccc1-c1ccccc1. The zero-order valence-electron chi connectivity index (χ0n) is 18.2. The molecule has 1 aromatic heterocycles. The summed E-state index contributed by atoms with van der Waals surface area (Å²) in [5, 5.41) is 0.555. The van der Waals surface area contributed by atoms with Crippen molar-refractivity contribution < 1.29 is 18.7 Å². The number of nitrogens with one attached hydrogen (secondary N) is 2. The third-order valence-corrected chi connectivity index (χ3v) is 5.26. The molecular weight excluding hydrogens is 454 g/mol. The molecule has 0 saturated carbocycles. The number of rotatable bonds is 8. The third kappa shape index (κ3) is 6.02. The number of nitrogens with zero attached hydrogens (tertiary/aromatic N) is 1. The molecule has 0 atom stereocenters. The lowest BCUT2D eigenvalue weighted by Gasteiger charge is -2.12. The lowest BCUT2D eigenvalue weighted by atomic mass is 10.1.